The van der Waals surface area contributed by atoms with Gasteiger partial charge in [0.2, 0.25) is 0 Å². The minimum atomic E-state index is -3.72. The maximum atomic E-state index is 12.1. The van der Waals surface area contributed by atoms with Crippen LogP contribution in [-0.2, 0) is 14.8 Å². The Bertz CT molecular complexity index is 859. The third-order valence-corrected chi connectivity index (χ3v) is 4.50. The summed E-state index contributed by atoms with van der Waals surface area (Å²) in [5.74, 6) is -0.663. The zero-order valence-corrected chi connectivity index (χ0v) is 14.5. The van der Waals surface area contributed by atoms with Crippen molar-refractivity contribution in [2.24, 2.45) is 5.10 Å². The van der Waals surface area contributed by atoms with Crippen LogP contribution in [0.15, 0.2) is 58.5 Å². The number of nitrogens with zero attached hydrogens (tertiary/aromatic N) is 1. The Kier molecular flexibility index (Phi) is 5.76. The second-order valence-electron chi connectivity index (χ2n) is 5.33. The second-order valence-corrected chi connectivity index (χ2v) is 6.99. The maximum Gasteiger partial charge on any atom is 0.344 e. The summed E-state index contributed by atoms with van der Waals surface area (Å²) in [6.45, 7) is 3.30. The SMILES string of the molecule is Cc1ccc(S(=O)(=O)NN=Cc2ccc(OC(C)C(=O)O)cc2)cc1. The van der Waals surface area contributed by atoms with Crippen molar-refractivity contribution in [1.29, 1.82) is 0 Å². The van der Waals surface area contributed by atoms with Gasteiger partial charge in [-0.2, -0.15) is 13.5 Å². The lowest BCUT2D eigenvalue weighted by atomic mass is 10.2. The molecule has 0 amide bonds. The number of carbonyl (C=O) groups is 1. The van der Waals surface area contributed by atoms with E-state index >= 15 is 0 Å². The molecule has 0 aliphatic rings. The molecule has 0 saturated heterocycles. The molecule has 0 radical (unpaired) electrons. The summed E-state index contributed by atoms with van der Waals surface area (Å²) < 4.78 is 29.3. The number of carboxylic acid groups (broad SMARTS) is 1. The van der Waals surface area contributed by atoms with E-state index < -0.39 is 22.1 Å². The number of ether oxygens (including phenoxy) is 1. The molecule has 132 valence electrons. The lowest BCUT2D eigenvalue weighted by Gasteiger charge is -2.09. The predicted octanol–water partition coefficient (Wildman–Crippen LogP) is 2.16. The standard InChI is InChI=1S/C17H18N2O5S/c1-12-3-9-16(10-4-12)25(22,23)19-18-11-14-5-7-15(8-6-14)24-13(2)17(20)21/h3-11,13,19H,1-2H3,(H,20,21). The molecule has 2 aromatic carbocycles. The van der Waals surface area contributed by atoms with Gasteiger partial charge < -0.3 is 9.84 Å². The van der Waals surface area contributed by atoms with E-state index in [0.29, 0.717) is 11.3 Å². The van der Waals surface area contributed by atoms with Crippen molar-refractivity contribution >= 4 is 22.2 Å². The summed E-state index contributed by atoms with van der Waals surface area (Å²) in [7, 11) is -3.72. The average molecular weight is 362 g/mol. The largest absolute Gasteiger partial charge is 0.479 e. The number of benzene rings is 2. The first-order valence-corrected chi connectivity index (χ1v) is 8.87. The number of rotatable bonds is 7. The summed E-state index contributed by atoms with van der Waals surface area (Å²) in [4.78, 5) is 13.0. The number of aryl methyl sites for hydroxylation is 1. The molecular weight excluding hydrogens is 344 g/mol. The van der Waals surface area contributed by atoms with Crippen LogP contribution in [0.4, 0.5) is 0 Å². The van der Waals surface area contributed by atoms with Crippen molar-refractivity contribution in [3.63, 3.8) is 0 Å². The second kappa shape index (κ2) is 7.80. The molecule has 0 fully saturated rings. The third-order valence-electron chi connectivity index (χ3n) is 3.26. The van der Waals surface area contributed by atoms with Crippen LogP contribution in [0.2, 0.25) is 0 Å². The van der Waals surface area contributed by atoms with Crippen molar-refractivity contribution in [2.75, 3.05) is 0 Å². The molecule has 1 atom stereocenters. The molecule has 0 bridgehead atoms. The fourth-order valence-electron chi connectivity index (χ4n) is 1.83. The fourth-order valence-corrected chi connectivity index (χ4v) is 2.62. The van der Waals surface area contributed by atoms with Gasteiger partial charge in [-0.05, 0) is 55.8 Å². The van der Waals surface area contributed by atoms with Gasteiger partial charge in [-0.15, -0.1) is 0 Å². The number of hydrogen-bond donors (Lipinski definition) is 2. The van der Waals surface area contributed by atoms with Gasteiger partial charge in [-0.3, -0.25) is 0 Å². The highest BCUT2D eigenvalue weighted by Crippen LogP contribution is 2.13. The zero-order valence-electron chi connectivity index (χ0n) is 13.7. The first-order chi connectivity index (χ1) is 11.8. The van der Waals surface area contributed by atoms with Gasteiger partial charge in [0.15, 0.2) is 6.10 Å². The number of sulfonamides is 1. The van der Waals surface area contributed by atoms with Gasteiger partial charge >= 0.3 is 5.97 Å². The molecule has 0 spiro atoms. The topological polar surface area (TPSA) is 105 Å². The number of nitrogens with one attached hydrogen (secondary N) is 1. The lowest BCUT2D eigenvalue weighted by molar-refractivity contribution is -0.144. The van der Waals surface area contributed by atoms with E-state index in [4.69, 9.17) is 9.84 Å². The van der Waals surface area contributed by atoms with Crippen LogP contribution in [0.3, 0.4) is 0 Å². The molecule has 8 heteroatoms. The molecule has 2 aromatic rings. The van der Waals surface area contributed by atoms with Crippen molar-refractivity contribution in [3.05, 3.63) is 59.7 Å². The number of hydrogen-bond acceptors (Lipinski definition) is 5. The Hall–Kier alpha value is -2.87. The Balaban J connectivity index is 1.99. The van der Waals surface area contributed by atoms with Gasteiger partial charge in [0.05, 0.1) is 11.1 Å². The van der Waals surface area contributed by atoms with Gasteiger partial charge in [-0.25, -0.2) is 9.63 Å². The average Bonchev–Trinajstić information content (AvgIpc) is 2.56. The molecule has 0 aliphatic carbocycles. The number of carboxylic acids is 1. The Morgan fingerprint density at radius 3 is 2.32 bits per heavy atom. The Morgan fingerprint density at radius 1 is 1.16 bits per heavy atom. The third kappa shape index (κ3) is 5.32. The molecule has 1 unspecified atom stereocenters. The first kappa shape index (κ1) is 18.5. The Labute approximate surface area is 146 Å². The molecule has 0 heterocycles. The number of hydrazone groups is 1. The summed E-state index contributed by atoms with van der Waals surface area (Å²) in [6, 6.07) is 12.8. The minimum absolute atomic E-state index is 0.127. The quantitative estimate of drug-likeness (QED) is 0.580. The molecule has 2 N–H and O–H groups in total. The number of aliphatic carboxylic acids is 1. The van der Waals surface area contributed by atoms with Gasteiger partial charge in [0.25, 0.3) is 10.0 Å². The van der Waals surface area contributed by atoms with Crippen LogP contribution >= 0.6 is 0 Å². The van der Waals surface area contributed by atoms with Crippen LogP contribution in [0.1, 0.15) is 18.1 Å². The molecule has 2 rings (SSSR count). The van der Waals surface area contributed by atoms with Crippen molar-refractivity contribution in [2.45, 2.75) is 24.8 Å². The first-order valence-electron chi connectivity index (χ1n) is 7.39. The van der Waals surface area contributed by atoms with E-state index in [1.807, 2.05) is 6.92 Å². The summed E-state index contributed by atoms with van der Waals surface area (Å²) >= 11 is 0. The normalized spacial score (nSPS) is 12.7. The molecule has 25 heavy (non-hydrogen) atoms. The summed E-state index contributed by atoms with van der Waals surface area (Å²) in [6.07, 6.45) is 0.386. The highest BCUT2D eigenvalue weighted by Gasteiger charge is 2.12. The fraction of sp³-hybridized carbons (Fsp3) is 0.176. The molecular formula is C17H18N2O5S. The van der Waals surface area contributed by atoms with Crippen LogP contribution in [0, 0.1) is 6.92 Å². The molecule has 0 aliphatic heterocycles. The van der Waals surface area contributed by atoms with E-state index in [1.54, 1.807) is 36.4 Å². The van der Waals surface area contributed by atoms with Crippen LogP contribution in [-0.4, -0.2) is 31.8 Å². The van der Waals surface area contributed by atoms with Crippen LogP contribution in [0.25, 0.3) is 0 Å². The van der Waals surface area contributed by atoms with E-state index in [0.717, 1.165) is 5.56 Å². The minimum Gasteiger partial charge on any atom is -0.479 e. The molecule has 0 aromatic heterocycles. The van der Waals surface area contributed by atoms with Crippen molar-refractivity contribution in [1.82, 2.24) is 4.83 Å². The molecule has 7 nitrogen and oxygen atoms in total. The monoisotopic (exact) mass is 362 g/mol. The zero-order chi connectivity index (χ0) is 18.4. The molecule has 0 saturated carbocycles. The van der Waals surface area contributed by atoms with E-state index in [9.17, 15) is 13.2 Å². The van der Waals surface area contributed by atoms with E-state index in [1.165, 1.54) is 25.3 Å². The highest BCUT2D eigenvalue weighted by atomic mass is 32.2. The van der Waals surface area contributed by atoms with E-state index in [-0.39, 0.29) is 4.90 Å². The van der Waals surface area contributed by atoms with Gasteiger partial charge in [-0.1, -0.05) is 17.7 Å². The van der Waals surface area contributed by atoms with Gasteiger partial charge in [0, 0.05) is 0 Å². The smallest absolute Gasteiger partial charge is 0.344 e. The van der Waals surface area contributed by atoms with E-state index in [2.05, 4.69) is 9.93 Å². The maximum absolute atomic E-state index is 12.1. The van der Waals surface area contributed by atoms with Gasteiger partial charge in [0.1, 0.15) is 5.75 Å². The lowest BCUT2D eigenvalue weighted by Crippen LogP contribution is -2.22. The summed E-state index contributed by atoms with van der Waals surface area (Å²) in [5.41, 5.74) is 1.59. The van der Waals surface area contributed by atoms with Crippen LogP contribution < -0.4 is 9.57 Å². The highest BCUT2D eigenvalue weighted by molar-refractivity contribution is 7.89. The predicted molar refractivity (Wildman–Crippen MR) is 93.3 cm³/mol. The Morgan fingerprint density at radius 2 is 1.76 bits per heavy atom. The van der Waals surface area contributed by atoms with Crippen LogP contribution in [0.5, 0.6) is 5.75 Å². The summed E-state index contributed by atoms with van der Waals surface area (Å²) in [5, 5.41) is 12.5. The van der Waals surface area contributed by atoms with Crippen molar-refractivity contribution < 1.29 is 23.1 Å². The van der Waals surface area contributed by atoms with Crippen molar-refractivity contribution in [3.8, 4) is 5.75 Å².